The Morgan fingerprint density at radius 3 is 3.12 bits per heavy atom. The molecule has 90 valence electrons. The predicted octanol–water partition coefficient (Wildman–Crippen LogP) is 0.531. The maximum atomic E-state index is 5.30. The van der Waals surface area contributed by atoms with Crippen LogP contribution in [0.25, 0.3) is 0 Å². The molecule has 2 rings (SSSR count). The number of nitrogens with two attached hydrogens (primary N) is 1. The maximum absolute atomic E-state index is 5.30. The Labute approximate surface area is 98.8 Å². The second-order valence-electron chi connectivity index (χ2n) is 3.48. The molecule has 0 aromatic carbocycles. The Hall–Kier alpha value is -1.79. The van der Waals surface area contributed by atoms with E-state index in [4.69, 9.17) is 15.0 Å². The summed E-state index contributed by atoms with van der Waals surface area (Å²) >= 11 is 0. The number of nitrogens with zero attached hydrogens (tertiary/aromatic N) is 3. The van der Waals surface area contributed by atoms with Gasteiger partial charge in [-0.15, -0.1) is 0 Å². The van der Waals surface area contributed by atoms with Gasteiger partial charge in [-0.1, -0.05) is 11.2 Å². The standard InChI is InChI=1S/C11H14N4O2/c12-3-5-16-8-11-14-10(15-17-11)6-9-2-1-4-13-7-9/h1-2,4,7H,3,5-6,8,12H2. The van der Waals surface area contributed by atoms with Crippen molar-refractivity contribution >= 4 is 0 Å². The first-order valence-electron chi connectivity index (χ1n) is 5.36. The molecule has 0 aliphatic rings. The molecule has 0 atom stereocenters. The summed E-state index contributed by atoms with van der Waals surface area (Å²) in [5.74, 6) is 1.10. The van der Waals surface area contributed by atoms with Gasteiger partial charge in [-0.05, 0) is 11.6 Å². The van der Waals surface area contributed by atoms with Gasteiger partial charge in [0.15, 0.2) is 5.82 Å². The second-order valence-corrected chi connectivity index (χ2v) is 3.48. The lowest BCUT2D eigenvalue weighted by Gasteiger charge is -1.95. The van der Waals surface area contributed by atoms with E-state index in [-0.39, 0.29) is 0 Å². The van der Waals surface area contributed by atoms with Crippen molar-refractivity contribution in [2.75, 3.05) is 13.2 Å². The summed E-state index contributed by atoms with van der Waals surface area (Å²) in [5.41, 5.74) is 6.35. The molecule has 0 aliphatic heterocycles. The van der Waals surface area contributed by atoms with E-state index in [9.17, 15) is 0 Å². The third-order valence-electron chi connectivity index (χ3n) is 2.08. The van der Waals surface area contributed by atoms with Crippen LogP contribution in [0.5, 0.6) is 0 Å². The highest BCUT2D eigenvalue weighted by Crippen LogP contribution is 2.05. The number of rotatable bonds is 6. The summed E-state index contributed by atoms with van der Waals surface area (Å²) in [6.07, 6.45) is 4.11. The molecule has 6 heteroatoms. The minimum atomic E-state index is 0.303. The van der Waals surface area contributed by atoms with Gasteiger partial charge in [-0.2, -0.15) is 4.98 Å². The number of ether oxygens (including phenoxy) is 1. The van der Waals surface area contributed by atoms with Crippen molar-refractivity contribution in [2.24, 2.45) is 5.73 Å². The molecule has 6 nitrogen and oxygen atoms in total. The van der Waals surface area contributed by atoms with Crippen LogP contribution >= 0.6 is 0 Å². The van der Waals surface area contributed by atoms with E-state index in [1.165, 1.54) is 0 Å². The van der Waals surface area contributed by atoms with Gasteiger partial charge < -0.3 is 15.0 Å². The number of hydrogen-bond donors (Lipinski definition) is 1. The average molecular weight is 234 g/mol. The van der Waals surface area contributed by atoms with Gasteiger partial charge in [-0.25, -0.2) is 0 Å². The van der Waals surface area contributed by atoms with Crippen molar-refractivity contribution in [2.45, 2.75) is 13.0 Å². The van der Waals surface area contributed by atoms with Crippen LogP contribution in [0.1, 0.15) is 17.3 Å². The first-order valence-corrected chi connectivity index (χ1v) is 5.36. The lowest BCUT2D eigenvalue weighted by molar-refractivity contribution is 0.104. The molecule has 0 bridgehead atoms. The van der Waals surface area contributed by atoms with E-state index in [0.29, 0.717) is 37.9 Å². The number of aromatic nitrogens is 3. The van der Waals surface area contributed by atoms with E-state index < -0.39 is 0 Å². The lowest BCUT2D eigenvalue weighted by atomic mass is 10.2. The molecule has 2 aromatic rings. The fraction of sp³-hybridized carbons (Fsp3) is 0.364. The Kier molecular flexibility index (Phi) is 4.17. The third-order valence-corrected chi connectivity index (χ3v) is 2.08. The van der Waals surface area contributed by atoms with E-state index in [2.05, 4.69) is 15.1 Å². The average Bonchev–Trinajstić information content (AvgIpc) is 2.79. The fourth-order valence-corrected chi connectivity index (χ4v) is 1.35. The summed E-state index contributed by atoms with van der Waals surface area (Å²) in [6, 6.07) is 3.84. The third kappa shape index (κ3) is 3.61. The molecular formula is C11H14N4O2. The monoisotopic (exact) mass is 234 g/mol. The largest absolute Gasteiger partial charge is 0.370 e. The van der Waals surface area contributed by atoms with E-state index in [1.807, 2.05) is 12.1 Å². The maximum Gasteiger partial charge on any atom is 0.252 e. The predicted molar refractivity (Wildman–Crippen MR) is 60.1 cm³/mol. The summed E-state index contributed by atoms with van der Waals surface area (Å²) in [4.78, 5) is 8.23. The van der Waals surface area contributed by atoms with Crippen molar-refractivity contribution in [1.82, 2.24) is 15.1 Å². The molecule has 0 saturated heterocycles. The van der Waals surface area contributed by atoms with Gasteiger partial charge in [0, 0.05) is 25.4 Å². The molecule has 0 aliphatic carbocycles. The normalized spacial score (nSPS) is 10.6. The highest BCUT2D eigenvalue weighted by atomic mass is 16.5. The molecule has 0 spiro atoms. The van der Waals surface area contributed by atoms with Crippen molar-refractivity contribution in [3.63, 3.8) is 0 Å². The highest BCUT2D eigenvalue weighted by Gasteiger charge is 2.06. The van der Waals surface area contributed by atoms with Crippen LogP contribution in [-0.2, 0) is 17.8 Å². The topological polar surface area (TPSA) is 87.1 Å². The zero-order chi connectivity index (χ0) is 11.9. The molecule has 0 fully saturated rings. The number of pyridine rings is 1. The van der Waals surface area contributed by atoms with Gasteiger partial charge in [0.1, 0.15) is 6.61 Å². The van der Waals surface area contributed by atoms with Crippen LogP contribution in [0.15, 0.2) is 29.0 Å². The van der Waals surface area contributed by atoms with E-state index in [0.717, 1.165) is 5.56 Å². The summed E-state index contributed by atoms with van der Waals surface area (Å²) in [5, 5.41) is 3.87. The van der Waals surface area contributed by atoms with Crippen LogP contribution < -0.4 is 5.73 Å². The zero-order valence-corrected chi connectivity index (χ0v) is 9.37. The second kappa shape index (κ2) is 6.07. The van der Waals surface area contributed by atoms with Crippen molar-refractivity contribution in [1.29, 1.82) is 0 Å². The summed E-state index contributed by atoms with van der Waals surface area (Å²) in [7, 11) is 0. The van der Waals surface area contributed by atoms with Crippen LogP contribution in [0, 0.1) is 0 Å². The van der Waals surface area contributed by atoms with Gasteiger partial charge in [0.25, 0.3) is 5.89 Å². The van der Waals surface area contributed by atoms with Crippen LogP contribution in [0.2, 0.25) is 0 Å². The highest BCUT2D eigenvalue weighted by molar-refractivity contribution is 5.13. The fourth-order valence-electron chi connectivity index (χ4n) is 1.35. The summed E-state index contributed by atoms with van der Waals surface area (Å²) in [6.45, 7) is 1.27. The van der Waals surface area contributed by atoms with Crippen molar-refractivity contribution < 1.29 is 9.26 Å². The van der Waals surface area contributed by atoms with Gasteiger partial charge in [0.2, 0.25) is 0 Å². The Balaban J connectivity index is 1.90. The van der Waals surface area contributed by atoms with Crippen LogP contribution in [0.3, 0.4) is 0 Å². The van der Waals surface area contributed by atoms with Gasteiger partial charge >= 0.3 is 0 Å². The minimum absolute atomic E-state index is 0.303. The van der Waals surface area contributed by atoms with Crippen LogP contribution in [-0.4, -0.2) is 28.3 Å². The molecule has 17 heavy (non-hydrogen) atoms. The minimum Gasteiger partial charge on any atom is -0.370 e. The van der Waals surface area contributed by atoms with E-state index >= 15 is 0 Å². The SMILES string of the molecule is NCCOCc1nc(Cc2cccnc2)no1. The molecule has 0 saturated carbocycles. The lowest BCUT2D eigenvalue weighted by Crippen LogP contribution is -2.08. The van der Waals surface area contributed by atoms with Gasteiger partial charge in [-0.3, -0.25) is 4.98 Å². The molecule has 2 N–H and O–H groups in total. The first kappa shape index (κ1) is 11.7. The Morgan fingerprint density at radius 2 is 2.35 bits per heavy atom. The molecular weight excluding hydrogens is 220 g/mol. The van der Waals surface area contributed by atoms with Crippen molar-refractivity contribution in [3.8, 4) is 0 Å². The van der Waals surface area contributed by atoms with Crippen molar-refractivity contribution in [3.05, 3.63) is 41.8 Å². The number of hydrogen-bond acceptors (Lipinski definition) is 6. The Morgan fingerprint density at radius 1 is 1.41 bits per heavy atom. The molecule has 2 heterocycles. The molecule has 0 radical (unpaired) electrons. The van der Waals surface area contributed by atoms with Gasteiger partial charge in [0.05, 0.1) is 6.61 Å². The molecule has 2 aromatic heterocycles. The Bertz CT molecular complexity index is 444. The summed E-state index contributed by atoms with van der Waals surface area (Å²) < 4.78 is 10.2. The van der Waals surface area contributed by atoms with Crippen LogP contribution in [0.4, 0.5) is 0 Å². The quantitative estimate of drug-likeness (QED) is 0.734. The zero-order valence-electron chi connectivity index (χ0n) is 9.37. The smallest absolute Gasteiger partial charge is 0.252 e. The first-order chi connectivity index (χ1) is 8.38. The molecule has 0 unspecified atom stereocenters. The van der Waals surface area contributed by atoms with E-state index in [1.54, 1.807) is 12.4 Å². The molecule has 0 amide bonds.